The summed E-state index contributed by atoms with van der Waals surface area (Å²) in [6.45, 7) is 5.75. The highest BCUT2D eigenvalue weighted by Gasteiger charge is 2.45. The van der Waals surface area contributed by atoms with Gasteiger partial charge in [-0.25, -0.2) is 9.59 Å². The van der Waals surface area contributed by atoms with Gasteiger partial charge in [0.25, 0.3) is 5.56 Å². The summed E-state index contributed by atoms with van der Waals surface area (Å²) in [5.41, 5.74) is -0.429. The van der Waals surface area contributed by atoms with Crippen LogP contribution in [-0.4, -0.2) is 21.7 Å². The Labute approximate surface area is 186 Å². The second-order valence-electron chi connectivity index (χ2n) is 9.14. The monoisotopic (exact) mass is 436 g/mol. The largest absolute Gasteiger partial charge is 0.479 e. The molecule has 1 amide bonds. The molecule has 0 aliphatic heterocycles. The lowest BCUT2D eigenvalue weighted by atomic mass is 9.75. The Morgan fingerprint density at radius 1 is 1.03 bits per heavy atom. The first kappa shape index (κ1) is 23.1. The van der Waals surface area contributed by atoms with Crippen molar-refractivity contribution in [3.63, 3.8) is 0 Å². The second kappa shape index (κ2) is 8.86. The quantitative estimate of drug-likeness (QED) is 0.604. The van der Waals surface area contributed by atoms with Crippen molar-refractivity contribution >= 4 is 23.0 Å². The molecule has 0 bridgehead atoms. The number of ether oxygens (including phenoxy) is 1. The van der Waals surface area contributed by atoms with E-state index in [1.807, 2.05) is 51.1 Å². The normalized spacial score (nSPS) is 13.4. The van der Waals surface area contributed by atoms with Crippen LogP contribution in [0, 0.1) is 5.41 Å². The van der Waals surface area contributed by atoms with Gasteiger partial charge in [-0.1, -0.05) is 57.2 Å². The minimum absolute atomic E-state index is 0.0255. The number of aliphatic carboxylic acids is 1. The van der Waals surface area contributed by atoms with Crippen molar-refractivity contribution in [3.8, 4) is 0 Å². The van der Waals surface area contributed by atoms with Gasteiger partial charge in [-0.3, -0.25) is 4.79 Å². The van der Waals surface area contributed by atoms with E-state index in [1.165, 1.54) is 10.6 Å². The van der Waals surface area contributed by atoms with Crippen LogP contribution in [-0.2, 0) is 28.7 Å². The molecule has 1 atom stereocenters. The average molecular weight is 437 g/mol. The molecule has 0 aliphatic carbocycles. The Balaban J connectivity index is 2.01. The van der Waals surface area contributed by atoms with Crippen molar-refractivity contribution in [1.29, 1.82) is 0 Å². The summed E-state index contributed by atoms with van der Waals surface area (Å²) in [4.78, 5) is 37.3. The SMILES string of the molecule is Cn1c(=O)ccc2cc([C@@](CC(C)(C)C)(NC(=O)OCc3ccccc3)C(=O)O)ccc21. The van der Waals surface area contributed by atoms with E-state index in [9.17, 15) is 19.5 Å². The summed E-state index contributed by atoms with van der Waals surface area (Å²) in [7, 11) is 1.66. The molecule has 0 unspecified atom stereocenters. The summed E-state index contributed by atoms with van der Waals surface area (Å²) in [5, 5.41) is 13.7. The number of nitrogens with zero attached hydrogens (tertiary/aromatic N) is 1. The molecule has 0 radical (unpaired) electrons. The van der Waals surface area contributed by atoms with Gasteiger partial charge in [-0.15, -0.1) is 0 Å². The summed E-state index contributed by atoms with van der Waals surface area (Å²) < 4.78 is 6.83. The van der Waals surface area contributed by atoms with Gasteiger partial charge in [0.1, 0.15) is 6.61 Å². The molecule has 0 spiro atoms. The topological polar surface area (TPSA) is 97.6 Å². The number of benzene rings is 2. The number of carboxylic acids is 1. The maximum absolute atomic E-state index is 12.7. The van der Waals surface area contributed by atoms with Crippen LogP contribution in [0.1, 0.15) is 38.3 Å². The van der Waals surface area contributed by atoms with Crippen LogP contribution in [0.2, 0.25) is 0 Å². The Bertz CT molecular complexity index is 1190. The van der Waals surface area contributed by atoms with E-state index >= 15 is 0 Å². The van der Waals surface area contributed by atoms with Gasteiger partial charge in [0, 0.05) is 13.1 Å². The first-order chi connectivity index (χ1) is 15.0. The molecule has 1 aromatic heterocycles. The fourth-order valence-corrected chi connectivity index (χ4v) is 3.85. The van der Waals surface area contributed by atoms with Crippen molar-refractivity contribution < 1.29 is 19.4 Å². The van der Waals surface area contributed by atoms with E-state index in [0.29, 0.717) is 16.5 Å². The molecule has 2 N–H and O–H groups in total. The standard InChI is InChI=1S/C25H28N2O5/c1-24(2,3)16-25(22(29)30,26-23(31)32-15-17-8-6-5-7-9-17)19-11-12-20-18(14-19)10-13-21(28)27(20)4/h5-14H,15-16H2,1-4H3,(H,26,31)(H,29,30)/t25-/m1/s1. The van der Waals surface area contributed by atoms with Gasteiger partial charge in [-0.2, -0.15) is 0 Å². The molecule has 7 nitrogen and oxygen atoms in total. The van der Waals surface area contributed by atoms with Gasteiger partial charge >= 0.3 is 12.1 Å². The summed E-state index contributed by atoms with van der Waals surface area (Å²) in [6.07, 6.45) is -0.686. The summed E-state index contributed by atoms with van der Waals surface area (Å²) in [5.74, 6) is -1.19. The molecule has 7 heteroatoms. The van der Waals surface area contributed by atoms with Gasteiger partial charge in [-0.05, 0) is 46.5 Å². The molecule has 2 aromatic carbocycles. The molecule has 0 fully saturated rings. The highest BCUT2D eigenvalue weighted by atomic mass is 16.5. The number of amides is 1. The van der Waals surface area contributed by atoms with Crippen LogP contribution in [0.3, 0.4) is 0 Å². The van der Waals surface area contributed by atoms with Crippen LogP contribution in [0.25, 0.3) is 10.9 Å². The molecule has 3 aromatic rings. The minimum Gasteiger partial charge on any atom is -0.479 e. The Kier molecular flexibility index (Phi) is 6.39. The van der Waals surface area contributed by atoms with E-state index in [-0.39, 0.29) is 18.6 Å². The molecule has 0 saturated carbocycles. The predicted molar refractivity (Wildman–Crippen MR) is 122 cm³/mol. The zero-order chi connectivity index (χ0) is 23.5. The number of carbonyl (C=O) groups is 2. The van der Waals surface area contributed by atoms with E-state index in [1.54, 1.807) is 31.3 Å². The van der Waals surface area contributed by atoms with E-state index in [4.69, 9.17) is 4.74 Å². The lowest BCUT2D eigenvalue weighted by molar-refractivity contribution is -0.146. The van der Waals surface area contributed by atoms with Crippen LogP contribution < -0.4 is 10.9 Å². The Morgan fingerprint density at radius 2 is 1.72 bits per heavy atom. The zero-order valence-electron chi connectivity index (χ0n) is 18.7. The number of carbonyl (C=O) groups excluding carboxylic acids is 1. The molecule has 0 saturated heterocycles. The van der Waals surface area contributed by atoms with Crippen LogP contribution in [0.15, 0.2) is 65.5 Å². The number of aromatic nitrogens is 1. The third-order valence-corrected chi connectivity index (χ3v) is 5.31. The first-order valence-electron chi connectivity index (χ1n) is 10.3. The minimum atomic E-state index is -1.71. The van der Waals surface area contributed by atoms with Gasteiger partial charge in [0.15, 0.2) is 5.54 Å². The van der Waals surface area contributed by atoms with E-state index < -0.39 is 23.0 Å². The fraction of sp³-hybridized carbons (Fsp3) is 0.320. The average Bonchev–Trinajstić information content (AvgIpc) is 2.74. The third kappa shape index (κ3) is 4.99. The molecule has 1 heterocycles. The van der Waals surface area contributed by atoms with E-state index in [2.05, 4.69) is 5.32 Å². The molecular formula is C25H28N2O5. The third-order valence-electron chi connectivity index (χ3n) is 5.31. The lowest BCUT2D eigenvalue weighted by Crippen LogP contribution is -2.54. The zero-order valence-corrected chi connectivity index (χ0v) is 18.7. The number of alkyl carbamates (subject to hydrolysis) is 1. The number of rotatable bonds is 6. The van der Waals surface area contributed by atoms with Gasteiger partial charge < -0.3 is 19.7 Å². The highest BCUT2D eigenvalue weighted by molar-refractivity contribution is 5.88. The number of fused-ring (bicyclic) bond motifs is 1. The number of carboxylic acid groups (broad SMARTS) is 1. The molecular weight excluding hydrogens is 408 g/mol. The van der Waals surface area contributed by atoms with Crippen molar-refractivity contribution in [2.24, 2.45) is 12.5 Å². The Hall–Kier alpha value is -3.61. The fourth-order valence-electron chi connectivity index (χ4n) is 3.85. The molecule has 3 rings (SSSR count). The van der Waals surface area contributed by atoms with Crippen LogP contribution >= 0.6 is 0 Å². The maximum atomic E-state index is 12.7. The number of aryl methyl sites for hydroxylation is 1. The molecule has 0 aliphatic rings. The number of hydrogen-bond donors (Lipinski definition) is 2. The van der Waals surface area contributed by atoms with Gasteiger partial charge in [0.05, 0.1) is 5.52 Å². The first-order valence-corrected chi connectivity index (χ1v) is 10.3. The lowest BCUT2D eigenvalue weighted by Gasteiger charge is -2.36. The van der Waals surface area contributed by atoms with Crippen LogP contribution in [0.4, 0.5) is 4.79 Å². The van der Waals surface area contributed by atoms with Crippen LogP contribution in [0.5, 0.6) is 0 Å². The summed E-state index contributed by atoms with van der Waals surface area (Å²) in [6, 6.07) is 17.3. The van der Waals surface area contributed by atoms with Gasteiger partial charge in [0.2, 0.25) is 0 Å². The molecule has 32 heavy (non-hydrogen) atoms. The number of pyridine rings is 1. The van der Waals surface area contributed by atoms with Crippen molar-refractivity contribution in [3.05, 3.63) is 82.1 Å². The van der Waals surface area contributed by atoms with Crippen molar-refractivity contribution in [1.82, 2.24) is 9.88 Å². The predicted octanol–water partition coefficient (Wildman–Crippen LogP) is 4.18. The number of nitrogens with one attached hydrogen (secondary N) is 1. The number of hydrogen-bond acceptors (Lipinski definition) is 4. The second-order valence-corrected chi connectivity index (χ2v) is 9.14. The van der Waals surface area contributed by atoms with E-state index in [0.717, 1.165) is 5.56 Å². The highest BCUT2D eigenvalue weighted by Crippen LogP contribution is 2.36. The summed E-state index contributed by atoms with van der Waals surface area (Å²) >= 11 is 0. The molecule has 168 valence electrons. The maximum Gasteiger partial charge on any atom is 0.408 e. The smallest absolute Gasteiger partial charge is 0.408 e. The van der Waals surface area contributed by atoms with Crippen molar-refractivity contribution in [2.75, 3.05) is 0 Å². The Morgan fingerprint density at radius 3 is 2.34 bits per heavy atom. The van der Waals surface area contributed by atoms with Crippen molar-refractivity contribution in [2.45, 2.75) is 39.3 Å².